The van der Waals surface area contributed by atoms with Crippen LogP contribution in [0.15, 0.2) is 24.3 Å². The molecular formula is C16H26N4O. The molecule has 0 aliphatic heterocycles. The van der Waals surface area contributed by atoms with Gasteiger partial charge < -0.3 is 19.5 Å². The number of benzene rings is 1. The number of ether oxygens (including phenoxy) is 1. The maximum atomic E-state index is 5.59. The molecule has 21 heavy (non-hydrogen) atoms. The number of rotatable bonds is 8. The largest absolute Gasteiger partial charge is 0.379 e. The van der Waals surface area contributed by atoms with E-state index in [4.69, 9.17) is 9.72 Å². The Hall–Kier alpha value is -1.43. The lowest BCUT2D eigenvalue weighted by Gasteiger charge is -2.14. The molecule has 5 nitrogen and oxygen atoms in total. The Bertz CT molecular complexity index is 564. The predicted octanol–water partition coefficient (Wildman–Crippen LogP) is 1.80. The van der Waals surface area contributed by atoms with Gasteiger partial charge in [0, 0.05) is 20.1 Å². The van der Waals surface area contributed by atoms with Gasteiger partial charge in [0.25, 0.3) is 0 Å². The molecule has 5 heteroatoms. The van der Waals surface area contributed by atoms with E-state index in [-0.39, 0.29) is 6.04 Å². The van der Waals surface area contributed by atoms with Crippen molar-refractivity contribution in [2.24, 2.45) is 7.05 Å². The molecule has 0 fully saturated rings. The lowest BCUT2D eigenvalue weighted by Crippen LogP contribution is -2.26. The zero-order chi connectivity index (χ0) is 15.2. The van der Waals surface area contributed by atoms with Gasteiger partial charge in [0.2, 0.25) is 0 Å². The van der Waals surface area contributed by atoms with Gasteiger partial charge in [-0.25, -0.2) is 4.98 Å². The summed E-state index contributed by atoms with van der Waals surface area (Å²) in [5, 5.41) is 3.47. The number of hydrogen-bond acceptors (Lipinski definition) is 4. The van der Waals surface area contributed by atoms with Crippen molar-refractivity contribution in [2.45, 2.75) is 13.0 Å². The molecule has 0 saturated carbocycles. The number of likely N-dealkylation sites (N-methyl/N-ethyl adjacent to an activating group) is 1. The van der Waals surface area contributed by atoms with Crippen LogP contribution in [-0.4, -0.2) is 54.8 Å². The summed E-state index contributed by atoms with van der Waals surface area (Å²) in [6.45, 7) is 5.43. The van der Waals surface area contributed by atoms with Gasteiger partial charge in [-0.05, 0) is 33.2 Å². The Morgan fingerprint density at radius 3 is 2.76 bits per heavy atom. The second kappa shape index (κ2) is 7.54. The van der Waals surface area contributed by atoms with Crippen LogP contribution in [0.2, 0.25) is 0 Å². The Kier molecular flexibility index (Phi) is 5.73. The molecular weight excluding hydrogens is 264 g/mol. The number of nitrogens with one attached hydrogen (secondary N) is 1. The molecule has 1 atom stereocenters. The van der Waals surface area contributed by atoms with Crippen molar-refractivity contribution >= 4 is 11.0 Å². The van der Waals surface area contributed by atoms with Crippen LogP contribution in [-0.2, 0) is 11.8 Å². The standard InChI is InChI=1S/C16H26N4O/c1-13(17-9-11-21-12-10-19(2)3)16-18-14-7-5-6-8-15(14)20(16)4/h5-8,13,17H,9-12H2,1-4H3. The number of aromatic nitrogens is 2. The highest BCUT2D eigenvalue weighted by atomic mass is 16.5. The molecule has 0 saturated heterocycles. The van der Waals surface area contributed by atoms with E-state index in [2.05, 4.69) is 55.0 Å². The first kappa shape index (κ1) is 15.9. The quantitative estimate of drug-likeness (QED) is 0.753. The topological polar surface area (TPSA) is 42.3 Å². The van der Waals surface area contributed by atoms with Crippen molar-refractivity contribution in [1.29, 1.82) is 0 Å². The average molecular weight is 290 g/mol. The van der Waals surface area contributed by atoms with Crippen LogP contribution in [0.5, 0.6) is 0 Å². The minimum Gasteiger partial charge on any atom is -0.379 e. The van der Waals surface area contributed by atoms with Gasteiger partial charge in [-0.1, -0.05) is 12.1 Å². The van der Waals surface area contributed by atoms with Crippen molar-refractivity contribution < 1.29 is 4.74 Å². The molecule has 1 aromatic carbocycles. The summed E-state index contributed by atoms with van der Waals surface area (Å²) >= 11 is 0. The van der Waals surface area contributed by atoms with Gasteiger partial charge in [-0.2, -0.15) is 0 Å². The van der Waals surface area contributed by atoms with Gasteiger partial charge in [0.15, 0.2) is 0 Å². The normalized spacial score (nSPS) is 13.2. The Balaban J connectivity index is 1.82. The van der Waals surface area contributed by atoms with Gasteiger partial charge in [0.05, 0.1) is 30.3 Å². The Morgan fingerprint density at radius 1 is 1.29 bits per heavy atom. The molecule has 0 bridgehead atoms. The minimum atomic E-state index is 0.208. The van der Waals surface area contributed by atoms with Gasteiger partial charge >= 0.3 is 0 Å². The van der Waals surface area contributed by atoms with Crippen molar-refractivity contribution in [2.75, 3.05) is 40.4 Å². The van der Waals surface area contributed by atoms with Crippen LogP contribution in [0.1, 0.15) is 18.8 Å². The maximum Gasteiger partial charge on any atom is 0.126 e. The highest BCUT2D eigenvalue weighted by Gasteiger charge is 2.13. The first-order valence-corrected chi connectivity index (χ1v) is 7.47. The van der Waals surface area contributed by atoms with Gasteiger partial charge in [-0.15, -0.1) is 0 Å². The van der Waals surface area contributed by atoms with Crippen molar-refractivity contribution in [3.63, 3.8) is 0 Å². The van der Waals surface area contributed by atoms with E-state index in [1.54, 1.807) is 0 Å². The van der Waals surface area contributed by atoms with Crippen LogP contribution in [0.3, 0.4) is 0 Å². The highest BCUT2D eigenvalue weighted by molar-refractivity contribution is 5.75. The van der Waals surface area contributed by atoms with E-state index in [0.29, 0.717) is 0 Å². The molecule has 0 amide bonds. The summed E-state index contributed by atoms with van der Waals surface area (Å²) in [4.78, 5) is 6.82. The van der Waals surface area contributed by atoms with Gasteiger partial charge in [0.1, 0.15) is 5.82 Å². The summed E-state index contributed by atoms with van der Waals surface area (Å²) in [5.74, 6) is 1.06. The van der Waals surface area contributed by atoms with Crippen molar-refractivity contribution in [1.82, 2.24) is 19.8 Å². The highest BCUT2D eigenvalue weighted by Crippen LogP contribution is 2.18. The summed E-state index contributed by atoms with van der Waals surface area (Å²) < 4.78 is 7.74. The molecule has 0 aliphatic rings. The summed E-state index contributed by atoms with van der Waals surface area (Å²) in [5.41, 5.74) is 2.22. The first-order chi connectivity index (χ1) is 10.1. The monoisotopic (exact) mass is 290 g/mol. The fourth-order valence-electron chi connectivity index (χ4n) is 2.34. The maximum absolute atomic E-state index is 5.59. The van der Waals surface area contributed by atoms with Gasteiger partial charge in [-0.3, -0.25) is 0 Å². The fraction of sp³-hybridized carbons (Fsp3) is 0.562. The average Bonchev–Trinajstić information content (AvgIpc) is 2.80. The van der Waals surface area contributed by atoms with Crippen LogP contribution >= 0.6 is 0 Å². The molecule has 2 rings (SSSR count). The van der Waals surface area contributed by atoms with Crippen LogP contribution in [0, 0.1) is 0 Å². The minimum absolute atomic E-state index is 0.208. The third-order valence-corrected chi connectivity index (χ3v) is 3.59. The summed E-state index contributed by atoms with van der Waals surface area (Å²) in [6, 6.07) is 8.43. The number of para-hydroxylation sites is 2. The molecule has 116 valence electrons. The molecule has 2 aromatic rings. The second-order valence-electron chi connectivity index (χ2n) is 5.61. The summed E-state index contributed by atoms with van der Waals surface area (Å²) in [6.07, 6.45) is 0. The SMILES string of the molecule is CC(NCCOCCN(C)C)c1nc2ccccc2n1C. The zero-order valence-electron chi connectivity index (χ0n) is 13.5. The number of hydrogen-bond donors (Lipinski definition) is 1. The van der Waals surface area contributed by atoms with E-state index < -0.39 is 0 Å². The zero-order valence-corrected chi connectivity index (χ0v) is 13.5. The van der Waals surface area contributed by atoms with E-state index >= 15 is 0 Å². The Morgan fingerprint density at radius 2 is 2.05 bits per heavy atom. The lowest BCUT2D eigenvalue weighted by molar-refractivity contribution is 0.117. The lowest BCUT2D eigenvalue weighted by atomic mass is 10.3. The van der Waals surface area contributed by atoms with Crippen molar-refractivity contribution in [3.05, 3.63) is 30.1 Å². The van der Waals surface area contributed by atoms with E-state index in [0.717, 1.165) is 37.6 Å². The number of fused-ring (bicyclic) bond motifs is 1. The molecule has 1 aromatic heterocycles. The van der Waals surface area contributed by atoms with E-state index in [9.17, 15) is 0 Å². The molecule has 0 spiro atoms. The number of imidazole rings is 1. The smallest absolute Gasteiger partial charge is 0.126 e. The van der Waals surface area contributed by atoms with Crippen molar-refractivity contribution in [3.8, 4) is 0 Å². The second-order valence-corrected chi connectivity index (χ2v) is 5.61. The van der Waals surface area contributed by atoms with Crippen LogP contribution in [0.4, 0.5) is 0 Å². The van der Waals surface area contributed by atoms with E-state index in [1.165, 1.54) is 5.52 Å². The third-order valence-electron chi connectivity index (χ3n) is 3.59. The summed E-state index contributed by atoms with van der Waals surface area (Å²) in [7, 11) is 6.17. The molecule has 1 heterocycles. The predicted molar refractivity (Wildman–Crippen MR) is 86.5 cm³/mol. The first-order valence-electron chi connectivity index (χ1n) is 7.47. The Labute approximate surface area is 126 Å². The van der Waals surface area contributed by atoms with Crippen LogP contribution < -0.4 is 5.32 Å². The third kappa shape index (κ3) is 4.27. The van der Waals surface area contributed by atoms with E-state index in [1.807, 2.05) is 12.1 Å². The molecule has 0 aliphatic carbocycles. The number of aryl methyl sites for hydroxylation is 1. The fourth-order valence-corrected chi connectivity index (χ4v) is 2.34. The molecule has 1 unspecified atom stereocenters. The molecule has 0 radical (unpaired) electrons. The van der Waals surface area contributed by atoms with Crippen LogP contribution in [0.25, 0.3) is 11.0 Å². The molecule has 1 N–H and O–H groups in total. The number of nitrogens with zero attached hydrogens (tertiary/aromatic N) is 3.